The lowest BCUT2D eigenvalue weighted by Gasteiger charge is -2.25. The molecule has 3 aromatic heterocycles. The van der Waals surface area contributed by atoms with Crippen molar-refractivity contribution < 1.29 is 4.74 Å². The summed E-state index contributed by atoms with van der Waals surface area (Å²) >= 11 is 2.25. The Morgan fingerprint density at radius 3 is 2.89 bits per heavy atom. The van der Waals surface area contributed by atoms with E-state index in [2.05, 4.69) is 55.1 Å². The van der Waals surface area contributed by atoms with Crippen LogP contribution in [0.2, 0.25) is 0 Å². The van der Waals surface area contributed by atoms with Crippen molar-refractivity contribution in [2.24, 2.45) is 5.92 Å². The minimum Gasteiger partial charge on any atom is -0.377 e. The number of halogens is 1. The monoisotopic (exact) mass is 498 g/mol. The number of nitrogens with zero attached hydrogens (tertiary/aromatic N) is 6. The van der Waals surface area contributed by atoms with Crippen molar-refractivity contribution in [3.05, 3.63) is 18.5 Å². The van der Waals surface area contributed by atoms with Gasteiger partial charge in [-0.3, -0.25) is 3.97 Å². The third-order valence-corrected chi connectivity index (χ3v) is 6.74. The van der Waals surface area contributed by atoms with Gasteiger partial charge in [0.2, 0.25) is 5.95 Å². The van der Waals surface area contributed by atoms with Crippen molar-refractivity contribution in [2.75, 3.05) is 23.8 Å². The van der Waals surface area contributed by atoms with E-state index in [4.69, 9.17) is 14.7 Å². The molecule has 5 rings (SSSR count). The molecule has 1 aliphatic carbocycles. The normalized spacial score (nSPS) is 18.4. The predicted octanol–water partition coefficient (Wildman–Crippen LogP) is 3.39. The molecule has 0 spiro atoms. The van der Waals surface area contributed by atoms with E-state index >= 15 is 0 Å². The van der Waals surface area contributed by atoms with E-state index in [-0.39, 0.29) is 6.04 Å². The fourth-order valence-electron chi connectivity index (χ4n) is 3.15. The average molecular weight is 498 g/mol. The van der Waals surface area contributed by atoms with Crippen LogP contribution in [0.4, 0.5) is 17.6 Å². The zero-order valence-electron chi connectivity index (χ0n) is 14.7. The quantitative estimate of drug-likeness (QED) is 0.479. The molecule has 1 atom stereocenters. The second-order valence-corrected chi connectivity index (χ2v) is 8.73. The number of fused-ring (bicyclic) bond motifs is 1. The topological polar surface area (TPSA) is 94.7 Å². The summed E-state index contributed by atoms with van der Waals surface area (Å²) in [6, 6.07) is 2.71. The fraction of sp³-hybridized carbons (Fsp3) is 0.500. The zero-order valence-corrected chi connectivity index (χ0v) is 17.6. The average Bonchev–Trinajstić information content (AvgIpc) is 3.25. The highest BCUT2D eigenvalue weighted by molar-refractivity contribution is 14.2. The highest BCUT2D eigenvalue weighted by atomic mass is 127. The number of anilines is 3. The van der Waals surface area contributed by atoms with E-state index in [9.17, 15) is 0 Å². The first-order valence-electron chi connectivity index (χ1n) is 8.92. The van der Waals surface area contributed by atoms with Gasteiger partial charge >= 0.3 is 0 Å². The number of hydrogen-bond donors (Lipinski definition) is 2. The molecule has 2 aliphatic rings. The minimum atomic E-state index is 0.265. The van der Waals surface area contributed by atoms with E-state index in [1.54, 1.807) is 9.12 Å². The van der Waals surface area contributed by atoms with Gasteiger partial charge in [-0.2, -0.15) is 9.97 Å². The molecule has 1 aliphatic heterocycles. The molecule has 4 heterocycles. The first-order valence-corrected chi connectivity index (χ1v) is 12.2. The summed E-state index contributed by atoms with van der Waals surface area (Å²) in [4.78, 5) is 9.41. The summed E-state index contributed by atoms with van der Waals surface area (Å²) in [7, 11) is 1.58. The van der Waals surface area contributed by atoms with Crippen molar-refractivity contribution in [3.63, 3.8) is 0 Å². The molecule has 0 unspecified atom stereocenters. The number of hydrogen-bond acceptors (Lipinski definition) is 8. The molecule has 9 nitrogen and oxygen atoms in total. The lowest BCUT2D eigenvalue weighted by molar-refractivity contribution is -0.0293. The summed E-state index contributed by atoms with van der Waals surface area (Å²) in [6.45, 7) is 3.58. The molecular weight excluding hydrogens is 479 g/mol. The highest BCUT2D eigenvalue weighted by Gasteiger charge is 2.29. The molecule has 0 amide bonds. The van der Waals surface area contributed by atoms with Crippen LogP contribution in [0.25, 0.3) is 11.0 Å². The van der Waals surface area contributed by atoms with Gasteiger partial charge in [-0.05, 0) is 31.7 Å². The van der Waals surface area contributed by atoms with E-state index in [0.717, 1.165) is 22.8 Å². The van der Waals surface area contributed by atoms with Crippen LogP contribution in [0.15, 0.2) is 18.5 Å². The van der Waals surface area contributed by atoms with Crippen molar-refractivity contribution >= 4 is 58.9 Å². The lowest BCUT2D eigenvalue weighted by Crippen LogP contribution is -2.30. The van der Waals surface area contributed by atoms with Crippen LogP contribution in [-0.4, -0.2) is 48.2 Å². The third-order valence-electron chi connectivity index (χ3n) is 5.02. The van der Waals surface area contributed by atoms with Crippen molar-refractivity contribution in [3.8, 4) is 0 Å². The molecule has 0 radical (unpaired) electrons. The van der Waals surface area contributed by atoms with Crippen molar-refractivity contribution in [2.45, 2.75) is 31.8 Å². The first kappa shape index (κ1) is 17.5. The van der Waals surface area contributed by atoms with Crippen LogP contribution in [0.5, 0.6) is 0 Å². The second-order valence-electron chi connectivity index (χ2n) is 7.01. The van der Waals surface area contributed by atoms with Crippen LogP contribution in [-0.2, 0) is 4.74 Å². The first-order chi connectivity index (χ1) is 13.2. The second kappa shape index (κ2) is 7.09. The van der Waals surface area contributed by atoms with Crippen LogP contribution >= 0.6 is 30.3 Å². The lowest BCUT2D eigenvalue weighted by atomic mass is 10.2. The van der Waals surface area contributed by atoms with Gasteiger partial charge in [0, 0.05) is 42.6 Å². The smallest absolute Gasteiger partial charge is 0.232 e. The minimum absolute atomic E-state index is 0.265. The summed E-state index contributed by atoms with van der Waals surface area (Å²) in [5.41, 5.74) is 0.872. The van der Waals surface area contributed by atoms with Crippen LogP contribution in [0.3, 0.4) is 0 Å². The molecule has 0 bridgehead atoms. The fourth-order valence-corrected chi connectivity index (χ4v) is 4.41. The molecule has 2 N–H and O–H groups in total. The number of rotatable bonds is 7. The Hall–Kier alpha value is -1.60. The Labute approximate surface area is 172 Å². The van der Waals surface area contributed by atoms with Gasteiger partial charge in [-0.1, -0.05) is 5.21 Å². The predicted molar refractivity (Wildman–Crippen MR) is 114 cm³/mol. The summed E-state index contributed by atoms with van der Waals surface area (Å²) in [6.07, 6.45) is 6.45. The summed E-state index contributed by atoms with van der Waals surface area (Å²) < 4.78 is 9.06. The molecule has 142 valence electrons. The SMILES string of the molecule is C[C@H](Nc1nc(Nc2cn(C3COC3)nn2)nc2c1ccn2SI)C1CC1. The maximum Gasteiger partial charge on any atom is 0.232 e. The Kier molecular flexibility index (Phi) is 4.60. The molecule has 1 saturated carbocycles. The number of nitrogens with one attached hydrogen (secondary N) is 2. The standard InChI is InChI=1S/C16H19IN8OS/c1-9(10-2-3-10)18-14-12-4-5-25(27-17)15(12)21-16(20-14)19-13-6-24(23-22-13)11-7-26-8-11/h4-6,9-11H,2-3,7-8H2,1H3,(H2,18,19,20,21)/t9-/m0/s1. The molecule has 11 heteroatoms. The van der Waals surface area contributed by atoms with Crippen LogP contribution in [0.1, 0.15) is 25.8 Å². The number of ether oxygens (including phenoxy) is 1. The highest BCUT2D eigenvalue weighted by Crippen LogP contribution is 2.35. The Morgan fingerprint density at radius 2 is 2.19 bits per heavy atom. The Balaban J connectivity index is 1.46. The van der Waals surface area contributed by atoms with Gasteiger partial charge in [-0.25, -0.2) is 4.68 Å². The van der Waals surface area contributed by atoms with Gasteiger partial charge in [-0.15, -0.1) is 5.10 Å². The molecular formula is C16H19IN8OS. The summed E-state index contributed by atoms with van der Waals surface area (Å²) in [5.74, 6) is 2.72. The molecule has 3 aromatic rings. The van der Waals surface area contributed by atoms with Gasteiger partial charge in [0.1, 0.15) is 11.9 Å². The Bertz CT molecular complexity index is 967. The van der Waals surface area contributed by atoms with E-state index < -0.39 is 0 Å². The maximum absolute atomic E-state index is 5.21. The molecule has 0 aromatic carbocycles. The summed E-state index contributed by atoms with van der Waals surface area (Å²) in [5, 5.41) is 16.1. The van der Waals surface area contributed by atoms with E-state index in [1.807, 2.05) is 21.0 Å². The molecule has 2 fully saturated rings. The molecule has 27 heavy (non-hydrogen) atoms. The van der Waals surface area contributed by atoms with Gasteiger partial charge in [0.05, 0.1) is 24.8 Å². The van der Waals surface area contributed by atoms with E-state index in [1.165, 1.54) is 12.8 Å². The van der Waals surface area contributed by atoms with Crippen molar-refractivity contribution in [1.29, 1.82) is 0 Å². The maximum atomic E-state index is 5.21. The molecule has 1 saturated heterocycles. The third kappa shape index (κ3) is 3.47. The van der Waals surface area contributed by atoms with Crippen LogP contribution in [0, 0.1) is 5.92 Å². The zero-order chi connectivity index (χ0) is 18.4. The van der Waals surface area contributed by atoms with Gasteiger partial charge in [0.25, 0.3) is 0 Å². The van der Waals surface area contributed by atoms with Crippen LogP contribution < -0.4 is 10.6 Å². The van der Waals surface area contributed by atoms with Gasteiger partial charge < -0.3 is 15.4 Å². The largest absolute Gasteiger partial charge is 0.377 e. The van der Waals surface area contributed by atoms with Gasteiger partial charge in [0.15, 0.2) is 11.5 Å². The van der Waals surface area contributed by atoms with E-state index in [0.29, 0.717) is 31.0 Å². The van der Waals surface area contributed by atoms with Crippen molar-refractivity contribution in [1.82, 2.24) is 28.9 Å². The number of aromatic nitrogens is 6. The Morgan fingerprint density at radius 1 is 1.33 bits per heavy atom.